The van der Waals surface area contributed by atoms with Crippen LogP contribution in [0.5, 0.6) is 0 Å². The molecule has 0 atom stereocenters. The lowest BCUT2D eigenvalue weighted by Gasteiger charge is -2.15. The summed E-state index contributed by atoms with van der Waals surface area (Å²) in [5.41, 5.74) is -1.47. The van der Waals surface area contributed by atoms with Crippen molar-refractivity contribution in [3.05, 3.63) is 47.2 Å². The number of aromatic nitrogens is 3. The molecule has 0 aliphatic carbocycles. The Hall–Kier alpha value is -2.46. The maximum atomic E-state index is 13.1. The van der Waals surface area contributed by atoms with E-state index < -0.39 is 23.3 Å². The third-order valence-corrected chi connectivity index (χ3v) is 4.83. The molecular formula is C16H12ClF3N4O2S. The van der Waals surface area contributed by atoms with Gasteiger partial charge in [-0.25, -0.2) is 0 Å². The maximum Gasteiger partial charge on any atom is 0.418 e. The fourth-order valence-electron chi connectivity index (χ4n) is 2.25. The molecule has 0 spiro atoms. The monoisotopic (exact) mass is 416 g/mol. The summed E-state index contributed by atoms with van der Waals surface area (Å²) in [6.45, 7) is 0. The van der Waals surface area contributed by atoms with Crippen molar-refractivity contribution in [1.29, 1.82) is 0 Å². The number of amides is 1. The lowest BCUT2D eigenvalue weighted by atomic mass is 10.1. The van der Waals surface area contributed by atoms with Crippen LogP contribution in [0.3, 0.4) is 0 Å². The van der Waals surface area contributed by atoms with Crippen molar-refractivity contribution in [3.63, 3.8) is 0 Å². The Morgan fingerprint density at radius 3 is 2.74 bits per heavy atom. The Morgan fingerprint density at radius 2 is 2.07 bits per heavy atom. The summed E-state index contributed by atoms with van der Waals surface area (Å²) in [6.07, 6.45) is -3.14. The van der Waals surface area contributed by atoms with Crippen LogP contribution >= 0.6 is 23.4 Å². The van der Waals surface area contributed by atoms with E-state index in [-0.39, 0.29) is 10.8 Å². The summed E-state index contributed by atoms with van der Waals surface area (Å²) in [7, 11) is 1.69. The van der Waals surface area contributed by atoms with Crippen molar-refractivity contribution in [2.45, 2.75) is 11.3 Å². The molecule has 3 rings (SSSR count). The van der Waals surface area contributed by atoms with Crippen molar-refractivity contribution in [2.75, 3.05) is 11.1 Å². The minimum atomic E-state index is -4.64. The standard InChI is InChI=1S/C16H12ClF3N4O2S/c1-24-14(11-6-3-7-26-11)22-23-15(24)27-8-12(25)21-13-9(16(18,19)20)4-2-5-10(13)17/h2-7H,8H2,1H3,(H,21,25). The maximum absolute atomic E-state index is 13.1. The summed E-state index contributed by atoms with van der Waals surface area (Å²) >= 11 is 6.85. The van der Waals surface area contributed by atoms with E-state index in [0.717, 1.165) is 17.8 Å². The van der Waals surface area contributed by atoms with E-state index in [2.05, 4.69) is 15.5 Å². The molecule has 1 amide bonds. The Balaban J connectivity index is 1.70. The zero-order valence-electron chi connectivity index (χ0n) is 13.7. The second-order valence-electron chi connectivity index (χ2n) is 5.34. The molecule has 0 radical (unpaired) electrons. The quantitative estimate of drug-likeness (QED) is 0.621. The smallest absolute Gasteiger partial charge is 0.418 e. The van der Waals surface area contributed by atoms with Crippen molar-refractivity contribution in [1.82, 2.24) is 14.8 Å². The average molecular weight is 417 g/mol. The molecule has 1 aromatic carbocycles. The molecule has 1 N–H and O–H groups in total. The van der Waals surface area contributed by atoms with Crippen LogP contribution in [0.1, 0.15) is 5.56 Å². The van der Waals surface area contributed by atoms with Gasteiger partial charge in [0.15, 0.2) is 16.7 Å². The van der Waals surface area contributed by atoms with Crippen molar-refractivity contribution >= 4 is 35.0 Å². The summed E-state index contributed by atoms with van der Waals surface area (Å²) in [5.74, 6) is 0.147. The molecule has 0 aliphatic rings. The van der Waals surface area contributed by atoms with E-state index >= 15 is 0 Å². The number of halogens is 4. The highest BCUT2D eigenvalue weighted by Gasteiger charge is 2.34. The molecule has 2 aromatic heterocycles. The largest absolute Gasteiger partial charge is 0.461 e. The number of nitrogens with zero attached hydrogens (tertiary/aromatic N) is 3. The van der Waals surface area contributed by atoms with E-state index in [1.54, 1.807) is 23.7 Å². The van der Waals surface area contributed by atoms with E-state index in [1.165, 1.54) is 18.4 Å². The zero-order valence-corrected chi connectivity index (χ0v) is 15.3. The second kappa shape index (κ2) is 7.65. The Morgan fingerprint density at radius 1 is 1.30 bits per heavy atom. The van der Waals surface area contributed by atoms with Crippen LogP contribution in [0.15, 0.2) is 46.2 Å². The topological polar surface area (TPSA) is 73.0 Å². The van der Waals surface area contributed by atoms with Gasteiger partial charge in [-0.3, -0.25) is 4.79 Å². The van der Waals surface area contributed by atoms with Gasteiger partial charge < -0.3 is 14.3 Å². The number of thioether (sulfide) groups is 1. The number of carbonyl (C=O) groups is 1. The zero-order chi connectivity index (χ0) is 19.6. The predicted octanol–water partition coefficient (Wildman–Crippen LogP) is 4.48. The number of benzene rings is 1. The van der Waals surface area contributed by atoms with Crippen molar-refractivity contribution in [2.24, 2.45) is 7.05 Å². The highest BCUT2D eigenvalue weighted by atomic mass is 35.5. The first-order valence-corrected chi connectivity index (χ1v) is 8.85. The SMILES string of the molecule is Cn1c(SCC(=O)Nc2c(Cl)cccc2C(F)(F)F)nnc1-c1ccco1. The van der Waals surface area contributed by atoms with E-state index in [1.807, 2.05) is 0 Å². The lowest BCUT2D eigenvalue weighted by Crippen LogP contribution is -2.18. The van der Waals surface area contributed by atoms with Gasteiger partial charge in [-0.2, -0.15) is 13.2 Å². The van der Waals surface area contributed by atoms with Gasteiger partial charge in [-0.05, 0) is 24.3 Å². The van der Waals surface area contributed by atoms with Crippen molar-refractivity contribution < 1.29 is 22.4 Å². The molecular weight excluding hydrogens is 405 g/mol. The predicted molar refractivity (Wildman–Crippen MR) is 94.5 cm³/mol. The van der Waals surface area contributed by atoms with Crippen LogP contribution in [0.2, 0.25) is 5.02 Å². The minimum absolute atomic E-state index is 0.174. The summed E-state index contributed by atoms with van der Waals surface area (Å²) in [5, 5.41) is 10.4. The molecule has 27 heavy (non-hydrogen) atoms. The molecule has 0 unspecified atom stereocenters. The molecule has 11 heteroatoms. The van der Waals surface area contributed by atoms with E-state index in [4.69, 9.17) is 16.0 Å². The van der Waals surface area contributed by atoms with Gasteiger partial charge in [0.1, 0.15) is 0 Å². The van der Waals surface area contributed by atoms with E-state index in [9.17, 15) is 18.0 Å². The number of rotatable bonds is 5. The van der Waals surface area contributed by atoms with Crippen LogP contribution in [0.25, 0.3) is 11.6 Å². The normalized spacial score (nSPS) is 11.6. The number of alkyl halides is 3. The van der Waals surface area contributed by atoms with E-state index in [0.29, 0.717) is 16.7 Å². The van der Waals surface area contributed by atoms with Crippen molar-refractivity contribution in [3.8, 4) is 11.6 Å². The Labute approximate surface area is 160 Å². The first-order valence-electron chi connectivity index (χ1n) is 7.49. The Kier molecular flexibility index (Phi) is 5.47. The van der Waals surface area contributed by atoms with Gasteiger partial charge in [0.05, 0.1) is 28.3 Å². The van der Waals surface area contributed by atoms with Crippen LogP contribution in [-0.2, 0) is 18.0 Å². The number of anilines is 1. The summed E-state index contributed by atoms with van der Waals surface area (Å²) in [6, 6.07) is 6.71. The Bertz CT molecular complexity index is 957. The molecule has 0 saturated heterocycles. The lowest BCUT2D eigenvalue weighted by molar-refractivity contribution is -0.137. The van der Waals surface area contributed by atoms with Gasteiger partial charge in [-0.1, -0.05) is 29.4 Å². The van der Waals surface area contributed by atoms with Gasteiger partial charge in [0.2, 0.25) is 5.91 Å². The van der Waals surface area contributed by atoms with Gasteiger partial charge in [0, 0.05) is 7.05 Å². The number of hydrogen-bond acceptors (Lipinski definition) is 5. The minimum Gasteiger partial charge on any atom is -0.461 e. The molecule has 0 bridgehead atoms. The molecule has 6 nitrogen and oxygen atoms in total. The third-order valence-electron chi connectivity index (χ3n) is 3.49. The average Bonchev–Trinajstić information content (AvgIpc) is 3.23. The molecule has 0 saturated carbocycles. The molecule has 0 aliphatic heterocycles. The van der Waals surface area contributed by atoms with Crippen LogP contribution in [0.4, 0.5) is 18.9 Å². The number of para-hydroxylation sites is 1. The highest BCUT2D eigenvalue weighted by Crippen LogP contribution is 2.38. The molecule has 2 heterocycles. The fraction of sp³-hybridized carbons (Fsp3) is 0.188. The second-order valence-corrected chi connectivity index (χ2v) is 6.69. The molecule has 142 valence electrons. The number of furan rings is 1. The molecule has 0 fully saturated rings. The number of nitrogens with one attached hydrogen (secondary N) is 1. The van der Waals surface area contributed by atoms with Gasteiger partial charge in [-0.15, -0.1) is 10.2 Å². The van der Waals surface area contributed by atoms with Gasteiger partial charge >= 0.3 is 6.18 Å². The number of hydrogen-bond donors (Lipinski definition) is 1. The number of carbonyl (C=O) groups excluding carboxylic acids is 1. The summed E-state index contributed by atoms with van der Waals surface area (Å²) in [4.78, 5) is 12.1. The highest BCUT2D eigenvalue weighted by molar-refractivity contribution is 7.99. The van der Waals surface area contributed by atoms with Crippen LogP contribution in [0, 0.1) is 0 Å². The van der Waals surface area contributed by atoms with Crippen LogP contribution in [-0.4, -0.2) is 26.4 Å². The first kappa shape index (κ1) is 19.3. The third kappa shape index (κ3) is 4.28. The van der Waals surface area contributed by atoms with Gasteiger partial charge in [0.25, 0.3) is 0 Å². The fourth-order valence-corrected chi connectivity index (χ4v) is 3.19. The van der Waals surface area contributed by atoms with Crippen LogP contribution < -0.4 is 5.32 Å². The summed E-state index contributed by atoms with van der Waals surface area (Å²) < 4.78 is 46.1. The first-order chi connectivity index (χ1) is 12.8. The molecule has 3 aromatic rings.